The lowest BCUT2D eigenvalue weighted by molar-refractivity contribution is -0.142. The van der Waals surface area contributed by atoms with Crippen LogP contribution in [0.3, 0.4) is 0 Å². The normalized spacial score (nSPS) is 24.6. The minimum absolute atomic E-state index is 0.0406. The lowest BCUT2D eigenvalue weighted by Crippen LogP contribution is -2.54. The van der Waals surface area contributed by atoms with Crippen LogP contribution in [0.4, 0.5) is 0 Å². The van der Waals surface area contributed by atoms with Gasteiger partial charge in [-0.25, -0.2) is 0 Å². The number of ether oxygens (including phenoxy) is 2. The van der Waals surface area contributed by atoms with Crippen molar-refractivity contribution in [2.75, 3.05) is 19.6 Å². The number of hydrogen-bond donors (Lipinski definition) is 2. The highest BCUT2D eigenvalue weighted by Gasteiger charge is 2.47. The molecule has 2 unspecified atom stereocenters. The van der Waals surface area contributed by atoms with E-state index in [1.165, 1.54) is 25.7 Å². The van der Waals surface area contributed by atoms with Gasteiger partial charge in [-0.15, -0.1) is 0 Å². The van der Waals surface area contributed by atoms with Gasteiger partial charge in [-0.3, -0.25) is 9.69 Å². The molecule has 1 saturated heterocycles. The quantitative estimate of drug-likeness (QED) is 0.239. The number of rotatable bonds is 11. The topological polar surface area (TPSA) is 79.2 Å². The van der Waals surface area contributed by atoms with Gasteiger partial charge in [0.2, 0.25) is 0 Å². The minimum atomic E-state index is -0.569. The number of aromatic hydroxyl groups is 1. The summed E-state index contributed by atoms with van der Waals surface area (Å²) in [5.74, 6) is 1.45. The van der Waals surface area contributed by atoms with E-state index in [9.17, 15) is 15.0 Å². The van der Waals surface area contributed by atoms with E-state index in [1.807, 2.05) is 6.07 Å². The molecule has 36 heavy (non-hydrogen) atoms. The van der Waals surface area contributed by atoms with Crippen molar-refractivity contribution in [1.82, 2.24) is 4.90 Å². The summed E-state index contributed by atoms with van der Waals surface area (Å²) in [6.07, 6.45) is 9.05. The summed E-state index contributed by atoms with van der Waals surface area (Å²) >= 11 is 0. The van der Waals surface area contributed by atoms with Crippen LogP contribution in [0, 0.1) is 5.92 Å². The number of phenolic OH excluding ortho intramolecular Hbond substituents is 1. The maximum absolute atomic E-state index is 11.3. The number of aliphatic hydroxyl groups is 1. The number of nitrogens with zero attached hydrogens (tertiary/aromatic N) is 1. The van der Waals surface area contributed by atoms with E-state index in [-0.39, 0.29) is 29.0 Å². The SMILES string of the molecule is CCCCCCC(C)(C)c1cc(O)c2c(c1)OC(C)(C)[C@@H]1CC=C(C(O)CN3CC(OC=O)C3)CC21. The molecule has 0 aromatic heterocycles. The van der Waals surface area contributed by atoms with Crippen molar-refractivity contribution in [3.8, 4) is 11.5 Å². The summed E-state index contributed by atoms with van der Waals surface area (Å²) < 4.78 is 11.6. The molecular formula is C30H45NO5. The van der Waals surface area contributed by atoms with Crippen LogP contribution in [0.25, 0.3) is 0 Å². The first-order chi connectivity index (χ1) is 17.1. The Kier molecular flexibility index (Phi) is 8.06. The number of fused-ring (bicyclic) bond motifs is 3. The molecule has 0 amide bonds. The maximum atomic E-state index is 11.3. The second-order valence-electron chi connectivity index (χ2n) is 12.3. The molecule has 3 atom stereocenters. The Labute approximate surface area is 216 Å². The number of allylic oxidation sites excluding steroid dienone is 1. The van der Waals surface area contributed by atoms with Gasteiger partial charge in [0.25, 0.3) is 6.47 Å². The smallest absolute Gasteiger partial charge is 0.293 e. The van der Waals surface area contributed by atoms with Crippen molar-refractivity contribution in [1.29, 1.82) is 0 Å². The highest BCUT2D eigenvalue weighted by molar-refractivity contribution is 5.54. The number of hydrogen-bond acceptors (Lipinski definition) is 6. The van der Waals surface area contributed by atoms with Gasteiger partial charge in [0.1, 0.15) is 23.2 Å². The summed E-state index contributed by atoms with van der Waals surface area (Å²) in [6.45, 7) is 13.4. The van der Waals surface area contributed by atoms with E-state index < -0.39 is 6.10 Å². The van der Waals surface area contributed by atoms with E-state index in [0.29, 0.717) is 38.3 Å². The summed E-state index contributed by atoms with van der Waals surface area (Å²) in [7, 11) is 0. The zero-order chi connectivity index (χ0) is 26.1. The van der Waals surface area contributed by atoms with Crippen molar-refractivity contribution in [2.24, 2.45) is 5.92 Å². The molecule has 200 valence electrons. The Balaban J connectivity index is 1.52. The molecule has 2 aliphatic heterocycles. The third-order valence-electron chi connectivity index (χ3n) is 8.80. The molecule has 6 nitrogen and oxygen atoms in total. The first-order valence-corrected chi connectivity index (χ1v) is 13.8. The van der Waals surface area contributed by atoms with Crippen LogP contribution < -0.4 is 4.74 Å². The van der Waals surface area contributed by atoms with Gasteiger partial charge in [0.15, 0.2) is 0 Å². The molecule has 2 N–H and O–H groups in total. The molecule has 1 aromatic rings. The number of β-amino-alcohol motifs (C(OH)–C–C–N with tert-alkyl or cyclic N) is 1. The van der Waals surface area contributed by atoms with Gasteiger partial charge in [-0.05, 0) is 61.8 Å². The highest BCUT2D eigenvalue weighted by atomic mass is 16.5. The Morgan fingerprint density at radius 3 is 2.69 bits per heavy atom. The standard InChI is InChI=1S/C30H45NO5/c1-6-7-8-9-12-29(2,3)21-14-25(33)28-23-13-20(26(34)18-31-16-22(17-31)35-19-32)10-11-24(23)30(4,5)36-27(28)15-21/h10,14-15,19,22-24,26,33-34H,6-9,11-13,16-18H2,1-5H3/t23?,24-,26?/m1/s1. The number of aliphatic hydroxyl groups excluding tert-OH is 1. The van der Waals surface area contributed by atoms with Crippen LogP contribution in [0.2, 0.25) is 0 Å². The number of carbonyl (C=O) groups excluding carboxylic acids is 1. The number of likely N-dealkylation sites (tertiary alicyclic amines) is 1. The molecule has 6 heteroatoms. The molecule has 2 heterocycles. The second-order valence-corrected chi connectivity index (χ2v) is 12.3. The highest BCUT2D eigenvalue weighted by Crippen LogP contribution is 2.55. The minimum Gasteiger partial charge on any atom is -0.508 e. The molecule has 0 bridgehead atoms. The van der Waals surface area contributed by atoms with Crippen molar-refractivity contribution >= 4 is 6.47 Å². The fraction of sp³-hybridized carbons (Fsp3) is 0.700. The lowest BCUT2D eigenvalue weighted by Gasteiger charge is -2.48. The van der Waals surface area contributed by atoms with Crippen molar-refractivity contribution in [3.05, 3.63) is 34.9 Å². The summed E-state index contributed by atoms with van der Waals surface area (Å²) in [5, 5.41) is 22.3. The average Bonchev–Trinajstić information content (AvgIpc) is 2.79. The molecular weight excluding hydrogens is 454 g/mol. The fourth-order valence-electron chi connectivity index (χ4n) is 6.42. The van der Waals surface area contributed by atoms with E-state index in [2.05, 4.69) is 51.7 Å². The summed E-state index contributed by atoms with van der Waals surface area (Å²) in [4.78, 5) is 12.6. The fourth-order valence-corrected chi connectivity index (χ4v) is 6.42. The van der Waals surface area contributed by atoms with Crippen LogP contribution in [-0.4, -0.2) is 59.0 Å². The zero-order valence-corrected chi connectivity index (χ0v) is 22.8. The zero-order valence-electron chi connectivity index (χ0n) is 22.8. The maximum Gasteiger partial charge on any atom is 0.293 e. The Hall–Kier alpha value is -2.05. The van der Waals surface area contributed by atoms with Gasteiger partial charge in [0.05, 0.1) is 6.10 Å². The van der Waals surface area contributed by atoms with Crippen LogP contribution in [0.15, 0.2) is 23.8 Å². The molecule has 0 radical (unpaired) electrons. The van der Waals surface area contributed by atoms with Gasteiger partial charge in [-0.1, -0.05) is 52.5 Å². The van der Waals surface area contributed by atoms with Gasteiger partial charge < -0.3 is 19.7 Å². The first kappa shape index (κ1) is 27.0. The Morgan fingerprint density at radius 2 is 2.00 bits per heavy atom. The monoisotopic (exact) mass is 499 g/mol. The van der Waals surface area contributed by atoms with Crippen molar-refractivity contribution in [2.45, 2.75) is 109 Å². The molecule has 0 saturated carbocycles. The molecule has 0 spiro atoms. The van der Waals surface area contributed by atoms with Crippen LogP contribution in [-0.2, 0) is 14.9 Å². The first-order valence-electron chi connectivity index (χ1n) is 13.8. The molecule has 1 aromatic carbocycles. The van der Waals surface area contributed by atoms with Gasteiger partial charge in [-0.2, -0.15) is 0 Å². The van der Waals surface area contributed by atoms with E-state index in [1.54, 1.807) is 0 Å². The van der Waals surface area contributed by atoms with Gasteiger partial charge >= 0.3 is 0 Å². The third kappa shape index (κ3) is 5.60. The average molecular weight is 500 g/mol. The largest absolute Gasteiger partial charge is 0.508 e. The predicted molar refractivity (Wildman–Crippen MR) is 142 cm³/mol. The Bertz CT molecular complexity index is 962. The van der Waals surface area contributed by atoms with Crippen LogP contribution in [0.1, 0.15) is 96.6 Å². The molecule has 4 rings (SSSR count). The van der Waals surface area contributed by atoms with Crippen LogP contribution in [0.5, 0.6) is 11.5 Å². The summed E-state index contributed by atoms with van der Waals surface area (Å²) in [5.41, 5.74) is 2.64. The molecule has 1 fully saturated rings. The van der Waals surface area contributed by atoms with Gasteiger partial charge in [0, 0.05) is 37.0 Å². The number of benzene rings is 1. The van der Waals surface area contributed by atoms with E-state index in [4.69, 9.17) is 9.47 Å². The van der Waals surface area contributed by atoms with Crippen LogP contribution >= 0.6 is 0 Å². The molecule has 3 aliphatic rings. The number of carbonyl (C=O) groups is 1. The van der Waals surface area contributed by atoms with Crippen molar-refractivity contribution in [3.63, 3.8) is 0 Å². The number of unbranched alkanes of at least 4 members (excludes halogenated alkanes) is 3. The molecule has 1 aliphatic carbocycles. The van der Waals surface area contributed by atoms with E-state index in [0.717, 1.165) is 35.3 Å². The predicted octanol–water partition coefficient (Wildman–Crippen LogP) is 5.45. The second kappa shape index (κ2) is 10.7. The number of phenols is 1. The Morgan fingerprint density at radius 1 is 1.25 bits per heavy atom. The van der Waals surface area contributed by atoms with Crippen molar-refractivity contribution < 1.29 is 24.5 Å². The summed E-state index contributed by atoms with van der Waals surface area (Å²) in [6, 6.07) is 4.12. The third-order valence-corrected chi connectivity index (χ3v) is 8.80. The van der Waals surface area contributed by atoms with E-state index >= 15 is 0 Å². The lowest BCUT2D eigenvalue weighted by atomic mass is 9.66.